The standard InChI is InChI=1S/C11H10BrFN4O2S/c1-6-2-7(3-8(14)11(6)13)20(18,19)17-10-5-15-9(12)4-16-10/h2-5H,14H2,1H3,(H,16,17). The van der Waals surface area contributed by atoms with E-state index >= 15 is 0 Å². The molecule has 0 unspecified atom stereocenters. The Hall–Kier alpha value is -1.74. The zero-order valence-corrected chi connectivity index (χ0v) is 12.7. The molecule has 0 fully saturated rings. The Labute approximate surface area is 123 Å². The monoisotopic (exact) mass is 360 g/mol. The highest BCUT2D eigenvalue weighted by Gasteiger charge is 2.18. The Morgan fingerprint density at radius 2 is 2.00 bits per heavy atom. The molecule has 9 heteroatoms. The van der Waals surface area contributed by atoms with Gasteiger partial charge in [0, 0.05) is 0 Å². The Balaban J connectivity index is 2.38. The Kier molecular flexibility index (Phi) is 3.91. The van der Waals surface area contributed by atoms with Gasteiger partial charge < -0.3 is 5.73 Å². The molecular formula is C11H10BrFN4O2S. The molecule has 0 aliphatic rings. The van der Waals surface area contributed by atoms with Gasteiger partial charge in [0.1, 0.15) is 10.4 Å². The maximum absolute atomic E-state index is 13.4. The first-order chi connectivity index (χ1) is 9.29. The SMILES string of the molecule is Cc1cc(S(=O)(=O)Nc2cnc(Br)cn2)cc(N)c1F. The van der Waals surface area contributed by atoms with E-state index in [-0.39, 0.29) is 22.0 Å². The minimum atomic E-state index is -3.90. The molecule has 0 amide bonds. The van der Waals surface area contributed by atoms with Crippen LogP contribution in [0.3, 0.4) is 0 Å². The molecule has 0 saturated heterocycles. The quantitative estimate of drug-likeness (QED) is 0.816. The molecule has 0 aliphatic heterocycles. The van der Waals surface area contributed by atoms with E-state index in [9.17, 15) is 12.8 Å². The number of aryl methyl sites for hydroxylation is 1. The molecule has 1 aromatic carbocycles. The van der Waals surface area contributed by atoms with Crippen molar-refractivity contribution in [2.24, 2.45) is 0 Å². The van der Waals surface area contributed by atoms with Gasteiger partial charge in [0.05, 0.1) is 23.0 Å². The molecule has 1 heterocycles. The summed E-state index contributed by atoms with van der Waals surface area (Å²) in [6.07, 6.45) is 2.60. The topological polar surface area (TPSA) is 98.0 Å². The number of halogens is 2. The van der Waals surface area contributed by atoms with Crippen LogP contribution in [0, 0.1) is 12.7 Å². The van der Waals surface area contributed by atoms with Gasteiger partial charge in [0.15, 0.2) is 5.82 Å². The summed E-state index contributed by atoms with van der Waals surface area (Å²) in [6.45, 7) is 1.43. The number of anilines is 2. The normalized spacial score (nSPS) is 11.3. The Bertz CT molecular complexity index is 727. The van der Waals surface area contributed by atoms with Crippen molar-refractivity contribution in [2.75, 3.05) is 10.5 Å². The third-order valence-electron chi connectivity index (χ3n) is 2.43. The van der Waals surface area contributed by atoms with Crippen LogP contribution in [-0.4, -0.2) is 18.4 Å². The lowest BCUT2D eigenvalue weighted by Gasteiger charge is -2.09. The second-order valence-electron chi connectivity index (χ2n) is 3.97. The van der Waals surface area contributed by atoms with Crippen LogP contribution in [0.15, 0.2) is 34.0 Å². The highest BCUT2D eigenvalue weighted by molar-refractivity contribution is 9.10. The van der Waals surface area contributed by atoms with Gasteiger partial charge in [-0.05, 0) is 40.5 Å². The van der Waals surface area contributed by atoms with Crippen LogP contribution in [0.5, 0.6) is 0 Å². The largest absolute Gasteiger partial charge is 0.396 e. The summed E-state index contributed by atoms with van der Waals surface area (Å²) in [5, 5.41) is 0. The predicted molar refractivity (Wildman–Crippen MR) is 76.1 cm³/mol. The van der Waals surface area contributed by atoms with Crippen LogP contribution in [0.1, 0.15) is 5.56 Å². The molecule has 3 N–H and O–H groups in total. The van der Waals surface area contributed by atoms with Crippen LogP contribution in [0.2, 0.25) is 0 Å². The molecule has 106 valence electrons. The number of rotatable bonds is 3. The van der Waals surface area contributed by atoms with E-state index in [1.165, 1.54) is 25.4 Å². The number of hydrogen-bond acceptors (Lipinski definition) is 5. The Morgan fingerprint density at radius 3 is 2.55 bits per heavy atom. The van der Waals surface area contributed by atoms with Crippen molar-refractivity contribution in [3.05, 3.63) is 40.5 Å². The smallest absolute Gasteiger partial charge is 0.263 e. The van der Waals surface area contributed by atoms with E-state index in [1.54, 1.807) is 0 Å². The van der Waals surface area contributed by atoms with Gasteiger partial charge in [0.25, 0.3) is 10.0 Å². The molecule has 0 saturated carbocycles. The third kappa shape index (κ3) is 3.05. The summed E-state index contributed by atoms with van der Waals surface area (Å²) < 4.78 is 40.4. The van der Waals surface area contributed by atoms with Crippen molar-refractivity contribution in [2.45, 2.75) is 11.8 Å². The molecule has 0 radical (unpaired) electrons. The summed E-state index contributed by atoms with van der Waals surface area (Å²) in [5.41, 5.74) is 5.35. The van der Waals surface area contributed by atoms with Crippen LogP contribution < -0.4 is 10.5 Å². The second kappa shape index (κ2) is 5.33. The first kappa shape index (κ1) is 14.7. The average Bonchev–Trinajstić information content (AvgIpc) is 2.38. The number of hydrogen-bond donors (Lipinski definition) is 2. The molecule has 0 spiro atoms. The fourth-order valence-corrected chi connectivity index (χ4v) is 2.80. The van der Waals surface area contributed by atoms with Crippen LogP contribution in [0.4, 0.5) is 15.9 Å². The number of nitrogens with two attached hydrogens (primary N) is 1. The van der Waals surface area contributed by atoms with E-state index in [0.717, 1.165) is 6.07 Å². The third-order valence-corrected chi connectivity index (χ3v) is 4.17. The van der Waals surface area contributed by atoms with E-state index in [4.69, 9.17) is 5.73 Å². The molecule has 2 aromatic rings. The van der Waals surface area contributed by atoms with Crippen LogP contribution in [-0.2, 0) is 10.0 Å². The molecule has 0 bridgehead atoms. The van der Waals surface area contributed by atoms with Gasteiger partial charge in [-0.1, -0.05) is 0 Å². The average molecular weight is 361 g/mol. The number of benzene rings is 1. The Morgan fingerprint density at radius 1 is 1.30 bits per heavy atom. The van der Waals surface area contributed by atoms with Crippen molar-refractivity contribution in [1.29, 1.82) is 0 Å². The summed E-state index contributed by atoms with van der Waals surface area (Å²) in [5.74, 6) is -0.582. The van der Waals surface area contributed by atoms with Crippen molar-refractivity contribution in [3.63, 3.8) is 0 Å². The highest BCUT2D eigenvalue weighted by atomic mass is 79.9. The first-order valence-corrected chi connectivity index (χ1v) is 7.63. The van der Waals surface area contributed by atoms with Gasteiger partial charge in [0.2, 0.25) is 0 Å². The molecule has 20 heavy (non-hydrogen) atoms. The van der Waals surface area contributed by atoms with Crippen LogP contribution >= 0.6 is 15.9 Å². The van der Waals surface area contributed by atoms with E-state index in [1.807, 2.05) is 0 Å². The summed E-state index contributed by atoms with van der Waals surface area (Å²) in [7, 11) is -3.90. The van der Waals surface area contributed by atoms with E-state index < -0.39 is 15.8 Å². The molecule has 1 aromatic heterocycles. The zero-order valence-electron chi connectivity index (χ0n) is 10.3. The summed E-state index contributed by atoms with van der Waals surface area (Å²) in [4.78, 5) is 7.55. The predicted octanol–water partition coefficient (Wildman–Crippen LogP) is 2.07. The minimum absolute atomic E-state index is 0.0498. The molecule has 0 aliphatic carbocycles. The van der Waals surface area contributed by atoms with Gasteiger partial charge in [-0.15, -0.1) is 0 Å². The van der Waals surface area contributed by atoms with Gasteiger partial charge in [-0.25, -0.2) is 22.8 Å². The lowest BCUT2D eigenvalue weighted by atomic mass is 10.2. The number of aromatic nitrogens is 2. The number of nitrogens with zero attached hydrogens (tertiary/aromatic N) is 2. The molecule has 6 nitrogen and oxygen atoms in total. The highest BCUT2D eigenvalue weighted by Crippen LogP contribution is 2.22. The van der Waals surface area contributed by atoms with E-state index in [2.05, 4.69) is 30.6 Å². The summed E-state index contributed by atoms with van der Waals surface area (Å²) >= 11 is 3.09. The zero-order chi connectivity index (χ0) is 14.9. The van der Waals surface area contributed by atoms with Crippen molar-refractivity contribution >= 4 is 37.5 Å². The van der Waals surface area contributed by atoms with Crippen molar-refractivity contribution in [1.82, 2.24) is 9.97 Å². The maximum Gasteiger partial charge on any atom is 0.263 e. The molecular weight excluding hydrogens is 351 g/mol. The van der Waals surface area contributed by atoms with Gasteiger partial charge in [-0.3, -0.25) is 4.72 Å². The van der Waals surface area contributed by atoms with Crippen LogP contribution in [0.25, 0.3) is 0 Å². The fraction of sp³-hybridized carbons (Fsp3) is 0.0909. The number of nitrogen functional groups attached to an aromatic ring is 1. The lowest BCUT2D eigenvalue weighted by molar-refractivity contribution is 0.599. The number of nitrogens with one attached hydrogen (secondary N) is 1. The lowest BCUT2D eigenvalue weighted by Crippen LogP contribution is -2.15. The minimum Gasteiger partial charge on any atom is -0.396 e. The molecule has 0 atom stereocenters. The fourth-order valence-electron chi connectivity index (χ4n) is 1.48. The summed E-state index contributed by atoms with van der Waals surface area (Å²) in [6, 6.07) is 2.25. The van der Waals surface area contributed by atoms with Crippen molar-refractivity contribution < 1.29 is 12.8 Å². The first-order valence-electron chi connectivity index (χ1n) is 5.35. The molecule has 2 rings (SSSR count). The van der Waals surface area contributed by atoms with Gasteiger partial charge in [-0.2, -0.15) is 0 Å². The van der Waals surface area contributed by atoms with Gasteiger partial charge >= 0.3 is 0 Å². The second-order valence-corrected chi connectivity index (χ2v) is 6.47. The number of sulfonamides is 1. The van der Waals surface area contributed by atoms with E-state index in [0.29, 0.717) is 4.60 Å². The maximum atomic E-state index is 13.4. The van der Waals surface area contributed by atoms with Crippen molar-refractivity contribution in [3.8, 4) is 0 Å².